The lowest BCUT2D eigenvalue weighted by Gasteiger charge is -2.16. The summed E-state index contributed by atoms with van der Waals surface area (Å²) < 4.78 is 27.4. The normalized spacial score (nSPS) is 17.4. The van der Waals surface area contributed by atoms with E-state index >= 15 is 0 Å². The largest absolute Gasteiger partial charge is 0.273 e. The molecule has 0 aliphatic heterocycles. The molecular formula is C14H20N2O4S. The van der Waals surface area contributed by atoms with E-state index in [9.17, 15) is 18.5 Å². The van der Waals surface area contributed by atoms with Crippen molar-refractivity contribution in [2.24, 2.45) is 0 Å². The summed E-state index contributed by atoms with van der Waals surface area (Å²) in [5.74, 6) is 0. The summed E-state index contributed by atoms with van der Waals surface area (Å²) >= 11 is 0. The lowest BCUT2D eigenvalue weighted by Crippen LogP contribution is -2.34. The maximum atomic E-state index is 12.4. The van der Waals surface area contributed by atoms with Crippen LogP contribution in [0.5, 0.6) is 0 Å². The molecule has 0 atom stereocenters. The summed E-state index contributed by atoms with van der Waals surface area (Å²) in [7, 11) is -3.70. The van der Waals surface area contributed by atoms with Gasteiger partial charge in [-0.05, 0) is 25.8 Å². The van der Waals surface area contributed by atoms with Gasteiger partial charge in [-0.3, -0.25) is 10.1 Å². The number of rotatable bonds is 4. The van der Waals surface area contributed by atoms with Gasteiger partial charge in [0.15, 0.2) is 0 Å². The SMILES string of the molecule is Cc1ccc(S(=O)(=O)NC2CCCCCC2)cc1[N+](=O)[O-]. The number of nitro benzene ring substituents is 1. The molecule has 1 aliphatic rings. The summed E-state index contributed by atoms with van der Waals surface area (Å²) in [5, 5.41) is 10.9. The van der Waals surface area contributed by atoms with Crippen LogP contribution in [0.2, 0.25) is 0 Å². The first kappa shape index (κ1) is 15.9. The zero-order valence-electron chi connectivity index (χ0n) is 12.0. The zero-order valence-corrected chi connectivity index (χ0v) is 12.9. The molecule has 0 unspecified atom stereocenters. The first-order chi connectivity index (χ1) is 9.90. The van der Waals surface area contributed by atoms with Gasteiger partial charge in [-0.15, -0.1) is 0 Å². The molecule has 1 N–H and O–H groups in total. The van der Waals surface area contributed by atoms with Crippen molar-refractivity contribution >= 4 is 15.7 Å². The summed E-state index contributed by atoms with van der Waals surface area (Å²) in [4.78, 5) is 10.3. The maximum absolute atomic E-state index is 12.4. The molecule has 1 saturated carbocycles. The quantitative estimate of drug-likeness (QED) is 0.526. The van der Waals surface area contributed by atoms with Gasteiger partial charge < -0.3 is 0 Å². The summed E-state index contributed by atoms with van der Waals surface area (Å²) in [5.41, 5.74) is 0.284. The summed E-state index contributed by atoms with van der Waals surface area (Å²) in [6.45, 7) is 1.59. The fourth-order valence-corrected chi connectivity index (χ4v) is 3.96. The standard InChI is InChI=1S/C14H20N2O4S/c1-11-8-9-13(10-14(11)16(17)18)21(19,20)15-12-6-4-2-3-5-7-12/h8-10,12,15H,2-7H2,1H3. The molecule has 21 heavy (non-hydrogen) atoms. The summed E-state index contributed by atoms with van der Waals surface area (Å²) in [6.07, 6.45) is 5.95. The Morgan fingerprint density at radius 2 is 1.81 bits per heavy atom. The van der Waals surface area contributed by atoms with Gasteiger partial charge in [0.25, 0.3) is 5.69 Å². The van der Waals surface area contributed by atoms with E-state index in [0.717, 1.165) is 44.6 Å². The van der Waals surface area contributed by atoms with Gasteiger partial charge in [0.05, 0.1) is 9.82 Å². The second-order valence-electron chi connectivity index (χ2n) is 5.52. The van der Waals surface area contributed by atoms with Crippen molar-refractivity contribution in [3.05, 3.63) is 33.9 Å². The minimum absolute atomic E-state index is 0.0379. The minimum Gasteiger partial charge on any atom is -0.258 e. The van der Waals surface area contributed by atoms with Crippen LogP contribution in [0.15, 0.2) is 23.1 Å². The number of hydrogen-bond donors (Lipinski definition) is 1. The Hall–Kier alpha value is -1.47. The highest BCUT2D eigenvalue weighted by Crippen LogP contribution is 2.24. The monoisotopic (exact) mass is 312 g/mol. The molecule has 0 spiro atoms. The van der Waals surface area contributed by atoms with Gasteiger partial charge in [-0.2, -0.15) is 0 Å². The molecule has 7 heteroatoms. The average molecular weight is 312 g/mol. The van der Waals surface area contributed by atoms with Crippen LogP contribution in [0, 0.1) is 17.0 Å². The lowest BCUT2D eigenvalue weighted by molar-refractivity contribution is -0.385. The van der Waals surface area contributed by atoms with Gasteiger partial charge in [0.2, 0.25) is 10.0 Å². The topological polar surface area (TPSA) is 89.3 Å². The zero-order chi connectivity index (χ0) is 15.5. The van der Waals surface area contributed by atoms with Gasteiger partial charge in [0.1, 0.15) is 0 Å². The van der Waals surface area contributed by atoms with Crippen LogP contribution in [0.1, 0.15) is 44.1 Å². The first-order valence-corrected chi connectivity index (χ1v) is 8.66. The highest BCUT2D eigenvalue weighted by atomic mass is 32.2. The van der Waals surface area contributed by atoms with E-state index in [4.69, 9.17) is 0 Å². The fourth-order valence-electron chi connectivity index (χ4n) is 2.64. The van der Waals surface area contributed by atoms with Crippen LogP contribution in [-0.4, -0.2) is 19.4 Å². The third-order valence-corrected chi connectivity index (χ3v) is 5.38. The Morgan fingerprint density at radius 1 is 1.19 bits per heavy atom. The molecule has 1 aromatic carbocycles. The number of nitrogens with zero attached hydrogens (tertiary/aromatic N) is 1. The molecule has 0 saturated heterocycles. The molecule has 0 aromatic heterocycles. The predicted octanol–water partition coefficient (Wildman–Crippen LogP) is 2.90. The predicted molar refractivity (Wildman–Crippen MR) is 79.6 cm³/mol. The number of benzene rings is 1. The van der Waals surface area contributed by atoms with E-state index in [2.05, 4.69) is 4.72 Å². The molecule has 0 heterocycles. The molecule has 2 rings (SSSR count). The van der Waals surface area contributed by atoms with Gasteiger partial charge in [0, 0.05) is 17.7 Å². The Bertz CT molecular complexity index is 620. The molecule has 0 amide bonds. The molecule has 0 bridgehead atoms. The molecule has 1 aromatic rings. The van der Waals surface area contributed by atoms with E-state index in [1.54, 1.807) is 6.92 Å². The van der Waals surface area contributed by atoms with E-state index in [-0.39, 0.29) is 16.6 Å². The van der Waals surface area contributed by atoms with Crippen molar-refractivity contribution in [3.8, 4) is 0 Å². The van der Waals surface area contributed by atoms with Crippen LogP contribution >= 0.6 is 0 Å². The van der Waals surface area contributed by atoms with Crippen LogP contribution in [-0.2, 0) is 10.0 Å². The van der Waals surface area contributed by atoms with Crippen molar-refractivity contribution in [1.82, 2.24) is 4.72 Å². The van der Waals surface area contributed by atoms with Crippen molar-refractivity contribution in [2.45, 2.75) is 56.4 Å². The molecule has 0 radical (unpaired) electrons. The maximum Gasteiger partial charge on any atom is 0.273 e. The third kappa shape index (κ3) is 4.01. The number of aryl methyl sites for hydroxylation is 1. The Kier molecular flexibility index (Phi) is 4.95. The van der Waals surface area contributed by atoms with Crippen molar-refractivity contribution in [2.75, 3.05) is 0 Å². The number of nitrogens with one attached hydrogen (secondary N) is 1. The fraction of sp³-hybridized carbons (Fsp3) is 0.571. The Morgan fingerprint density at radius 3 is 2.38 bits per heavy atom. The first-order valence-electron chi connectivity index (χ1n) is 7.17. The Labute approximate surface area is 124 Å². The molecule has 6 nitrogen and oxygen atoms in total. The smallest absolute Gasteiger partial charge is 0.258 e. The molecule has 116 valence electrons. The van der Waals surface area contributed by atoms with Crippen LogP contribution in [0.3, 0.4) is 0 Å². The van der Waals surface area contributed by atoms with Crippen LogP contribution in [0.25, 0.3) is 0 Å². The second-order valence-corrected chi connectivity index (χ2v) is 7.23. The summed E-state index contributed by atoms with van der Waals surface area (Å²) in [6, 6.07) is 3.95. The van der Waals surface area contributed by atoms with Crippen molar-refractivity contribution < 1.29 is 13.3 Å². The average Bonchev–Trinajstić information content (AvgIpc) is 2.66. The Balaban J connectivity index is 2.22. The lowest BCUT2D eigenvalue weighted by atomic mass is 10.1. The van der Waals surface area contributed by atoms with E-state index in [1.165, 1.54) is 12.1 Å². The molecule has 1 fully saturated rings. The molecule has 1 aliphatic carbocycles. The number of sulfonamides is 1. The molecular weight excluding hydrogens is 292 g/mol. The number of nitro groups is 1. The van der Waals surface area contributed by atoms with Gasteiger partial charge >= 0.3 is 0 Å². The van der Waals surface area contributed by atoms with E-state index in [0.29, 0.717) is 5.56 Å². The van der Waals surface area contributed by atoms with Crippen molar-refractivity contribution in [3.63, 3.8) is 0 Å². The minimum atomic E-state index is -3.70. The van der Waals surface area contributed by atoms with E-state index in [1.807, 2.05) is 0 Å². The van der Waals surface area contributed by atoms with Gasteiger partial charge in [-0.1, -0.05) is 31.7 Å². The van der Waals surface area contributed by atoms with Crippen LogP contribution < -0.4 is 4.72 Å². The van der Waals surface area contributed by atoms with Crippen LogP contribution in [0.4, 0.5) is 5.69 Å². The van der Waals surface area contributed by atoms with Gasteiger partial charge in [-0.25, -0.2) is 13.1 Å². The third-order valence-electron chi connectivity index (χ3n) is 3.86. The number of hydrogen-bond acceptors (Lipinski definition) is 4. The van der Waals surface area contributed by atoms with E-state index < -0.39 is 14.9 Å². The highest BCUT2D eigenvalue weighted by molar-refractivity contribution is 7.89. The highest BCUT2D eigenvalue weighted by Gasteiger charge is 2.23. The second kappa shape index (κ2) is 6.53. The van der Waals surface area contributed by atoms with Crippen molar-refractivity contribution in [1.29, 1.82) is 0 Å².